The fourth-order valence-electron chi connectivity index (χ4n) is 2.95. The first-order chi connectivity index (χ1) is 11.8. The van der Waals surface area contributed by atoms with Crippen molar-refractivity contribution in [1.82, 2.24) is 9.63 Å². The second-order valence-corrected chi connectivity index (χ2v) is 6.42. The van der Waals surface area contributed by atoms with E-state index >= 15 is 0 Å². The van der Waals surface area contributed by atoms with Gasteiger partial charge in [0.1, 0.15) is 11.4 Å². The summed E-state index contributed by atoms with van der Waals surface area (Å²) in [4.78, 5) is 24.0. The highest BCUT2D eigenvalue weighted by Crippen LogP contribution is 2.41. The minimum Gasteiger partial charge on any atom is -0.483 e. The molecule has 0 radical (unpaired) electrons. The number of ether oxygens (including phenoxy) is 1. The first-order valence-corrected chi connectivity index (χ1v) is 7.98. The Labute approximate surface area is 145 Å². The number of rotatable bonds is 3. The van der Waals surface area contributed by atoms with Crippen LogP contribution in [0, 0.1) is 0 Å². The van der Waals surface area contributed by atoms with E-state index in [-0.39, 0.29) is 12.1 Å². The smallest absolute Gasteiger partial charge is 0.255 e. The Morgan fingerprint density at radius 3 is 2.56 bits per heavy atom. The van der Waals surface area contributed by atoms with Gasteiger partial charge in [-0.1, -0.05) is 18.2 Å². The quantitative estimate of drug-likeness (QED) is 0.688. The third-order valence-corrected chi connectivity index (χ3v) is 4.25. The molecule has 25 heavy (non-hydrogen) atoms. The van der Waals surface area contributed by atoms with Crippen LogP contribution in [0.15, 0.2) is 59.0 Å². The Balaban J connectivity index is 2.32. The van der Waals surface area contributed by atoms with Crippen LogP contribution >= 0.6 is 0 Å². The molecule has 0 bridgehead atoms. The van der Waals surface area contributed by atoms with Crippen LogP contribution in [0.5, 0.6) is 5.75 Å². The molecule has 0 aliphatic carbocycles. The van der Waals surface area contributed by atoms with Gasteiger partial charge < -0.3 is 4.74 Å². The number of amides is 1. The van der Waals surface area contributed by atoms with Crippen LogP contribution in [0.4, 0.5) is 0 Å². The Morgan fingerprint density at radius 2 is 1.88 bits per heavy atom. The molecule has 1 aliphatic rings. The van der Waals surface area contributed by atoms with E-state index < -0.39 is 11.5 Å². The number of hydroxylamine groups is 2. The second kappa shape index (κ2) is 6.22. The molecule has 1 N–H and O–H groups in total. The van der Waals surface area contributed by atoms with Crippen molar-refractivity contribution in [3.05, 3.63) is 70.2 Å². The number of carbonyl (C=O) groups excluding carboxylic acids is 1. The van der Waals surface area contributed by atoms with E-state index in [1.54, 1.807) is 18.3 Å². The van der Waals surface area contributed by atoms with Crippen molar-refractivity contribution < 1.29 is 14.7 Å². The van der Waals surface area contributed by atoms with Gasteiger partial charge in [0.05, 0.1) is 12.2 Å². The van der Waals surface area contributed by atoms with Gasteiger partial charge in [0.2, 0.25) is 5.91 Å². The summed E-state index contributed by atoms with van der Waals surface area (Å²) >= 11 is 0. The fraction of sp³-hybridized carbons (Fsp3) is 0.263. The minimum absolute atomic E-state index is 0.0622. The van der Waals surface area contributed by atoms with E-state index in [4.69, 9.17) is 4.74 Å². The van der Waals surface area contributed by atoms with E-state index in [0.29, 0.717) is 22.1 Å². The molecule has 6 heteroatoms. The zero-order chi connectivity index (χ0) is 18.2. The molecule has 0 fully saturated rings. The number of hydrogen-bond acceptors (Lipinski definition) is 4. The fourth-order valence-corrected chi connectivity index (χ4v) is 2.95. The lowest BCUT2D eigenvalue weighted by molar-refractivity contribution is -0.161. The van der Waals surface area contributed by atoms with Crippen molar-refractivity contribution >= 4 is 11.6 Å². The summed E-state index contributed by atoms with van der Waals surface area (Å²) in [6.07, 6.45) is 1.67. The first kappa shape index (κ1) is 17.0. The molecule has 0 saturated carbocycles. The van der Waals surface area contributed by atoms with Crippen molar-refractivity contribution in [2.24, 2.45) is 0 Å². The predicted octanol–water partition coefficient (Wildman–Crippen LogP) is 2.52. The number of carbonyl (C=O) groups is 1. The third kappa shape index (κ3) is 3.08. The first-order valence-electron chi connectivity index (χ1n) is 7.98. The average Bonchev–Trinajstić information content (AvgIpc) is 2.56. The average molecular weight is 340 g/mol. The molecule has 2 heterocycles. The van der Waals surface area contributed by atoms with E-state index in [1.165, 1.54) is 17.6 Å². The van der Waals surface area contributed by atoms with Crippen molar-refractivity contribution in [2.75, 3.05) is 6.54 Å². The molecular formula is C19H20N2O4. The van der Waals surface area contributed by atoms with E-state index in [2.05, 4.69) is 0 Å². The van der Waals surface area contributed by atoms with Gasteiger partial charge in [-0.15, -0.1) is 0 Å². The Kier molecular flexibility index (Phi) is 4.22. The molecule has 0 spiro atoms. The number of hydrogen-bond donors (Lipinski definition) is 1. The highest BCUT2D eigenvalue weighted by Gasteiger charge is 2.37. The summed E-state index contributed by atoms with van der Waals surface area (Å²) in [5.74, 6) is 0.163. The lowest BCUT2D eigenvalue weighted by Gasteiger charge is -2.38. The van der Waals surface area contributed by atoms with Gasteiger partial charge in [0.15, 0.2) is 0 Å². The van der Waals surface area contributed by atoms with Crippen molar-refractivity contribution in [2.45, 2.75) is 26.4 Å². The van der Waals surface area contributed by atoms with E-state index in [0.717, 1.165) is 5.56 Å². The summed E-state index contributed by atoms with van der Waals surface area (Å²) in [7, 11) is 0. The van der Waals surface area contributed by atoms with Crippen LogP contribution in [0.25, 0.3) is 5.70 Å². The number of aromatic nitrogens is 1. The standard InChI is InChI=1S/C19H20N2O4/c1-13(22)21(24)12-15-18(20-11-7-6-10-17(20)23)14-8-4-5-9-16(14)25-19(15,2)3/h4-11,24H,12H2,1-3H3. The second-order valence-electron chi connectivity index (χ2n) is 6.42. The molecule has 1 aromatic heterocycles. The van der Waals surface area contributed by atoms with Crippen molar-refractivity contribution in [1.29, 1.82) is 0 Å². The molecule has 0 atom stereocenters. The molecule has 1 aliphatic heterocycles. The summed E-state index contributed by atoms with van der Waals surface area (Å²) in [6.45, 7) is 4.91. The molecular weight excluding hydrogens is 320 g/mol. The maximum Gasteiger partial charge on any atom is 0.255 e. The van der Waals surface area contributed by atoms with Gasteiger partial charge in [0, 0.05) is 30.3 Å². The van der Waals surface area contributed by atoms with Crippen LogP contribution < -0.4 is 10.3 Å². The largest absolute Gasteiger partial charge is 0.483 e. The maximum atomic E-state index is 12.4. The predicted molar refractivity (Wildman–Crippen MR) is 93.3 cm³/mol. The summed E-state index contributed by atoms with van der Waals surface area (Å²) in [5.41, 5.74) is 0.988. The van der Waals surface area contributed by atoms with Gasteiger partial charge in [-0.3, -0.25) is 19.4 Å². The van der Waals surface area contributed by atoms with Crippen LogP contribution in [-0.2, 0) is 4.79 Å². The Bertz CT molecular complexity index is 911. The number of fused-ring (bicyclic) bond motifs is 1. The van der Waals surface area contributed by atoms with Gasteiger partial charge in [-0.25, -0.2) is 5.06 Å². The maximum absolute atomic E-state index is 12.4. The molecule has 0 unspecified atom stereocenters. The highest BCUT2D eigenvalue weighted by atomic mass is 16.5. The summed E-state index contributed by atoms with van der Waals surface area (Å²) in [5, 5.41) is 10.6. The Morgan fingerprint density at radius 1 is 1.20 bits per heavy atom. The normalized spacial score (nSPS) is 15.4. The van der Waals surface area contributed by atoms with Crippen LogP contribution in [-0.4, -0.2) is 32.9 Å². The minimum atomic E-state index is -0.810. The number of para-hydroxylation sites is 1. The van der Waals surface area contributed by atoms with Gasteiger partial charge in [-0.2, -0.15) is 0 Å². The molecule has 6 nitrogen and oxygen atoms in total. The number of pyridine rings is 1. The monoisotopic (exact) mass is 340 g/mol. The van der Waals surface area contributed by atoms with Crippen LogP contribution in [0.3, 0.4) is 0 Å². The summed E-state index contributed by atoms with van der Waals surface area (Å²) < 4.78 is 7.60. The number of benzene rings is 1. The molecule has 2 aromatic rings. The van der Waals surface area contributed by atoms with Crippen molar-refractivity contribution in [3.8, 4) is 5.75 Å². The molecule has 1 amide bonds. The highest BCUT2D eigenvalue weighted by molar-refractivity contribution is 5.78. The van der Waals surface area contributed by atoms with Crippen molar-refractivity contribution in [3.63, 3.8) is 0 Å². The number of nitrogens with zero attached hydrogens (tertiary/aromatic N) is 2. The van der Waals surface area contributed by atoms with E-state index in [9.17, 15) is 14.8 Å². The molecule has 1 aromatic carbocycles. The molecule has 3 rings (SSSR count). The molecule has 0 saturated heterocycles. The zero-order valence-electron chi connectivity index (χ0n) is 14.4. The topological polar surface area (TPSA) is 71.8 Å². The summed E-state index contributed by atoms with van der Waals surface area (Å²) in [6, 6.07) is 12.3. The lowest BCUT2D eigenvalue weighted by Crippen LogP contribution is -2.42. The van der Waals surface area contributed by atoms with Crippen LogP contribution in [0.1, 0.15) is 26.3 Å². The van der Waals surface area contributed by atoms with Crippen LogP contribution in [0.2, 0.25) is 0 Å². The third-order valence-electron chi connectivity index (χ3n) is 4.25. The Hall–Kier alpha value is -2.86. The SMILES string of the molecule is CC(=O)N(O)CC1=C(n2ccccc2=O)c2ccccc2OC1(C)C. The zero-order valence-corrected chi connectivity index (χ0v) is 14.4. The van der Waals surface area contributed by atoms with Gasteiger partial charge in [0.25, 0.3) is 5.56 Å². The lowest BCUT2D eigenvalue weighted by atomic mass is 9.89. The van der Waals surface area contributed by atoms with E-state index in [1.807, 2.05) is 38.1 Å². The van der Waals surface area contributed by atoms with Gasteiger partial charge in [-0.05, 0) is 32.0 Å². The molecule has 130 valence electrons. The van der Waals surface area contributed by atoms with Gasteiger partial charge >= 0.3 is 0 Å².